The summed E-state index contributed by atoms with van der Waals surface area (Å²) in [5.74, 6) is 0.347. The molecule has 0 aliphatic carbocycles. The first-order chi connectivity index (χ1) is 13.1. The van der Waals surface area contributed by atoms with Gasteiger partial charge in [0.25, 0.3) is 5.91 Å². The number of aromatic nitrogens is 2. The Hall–Kier alpha value is -3.59. The zero-order valence-corrected chi connectivity index (χ0v) is 15.2. The first-order valence-corrected chi connectivity index (χ1v) is 8.62. The SMILES string of the molecule is C[C@@H](Oc1ccc(C#N)cc1)C(=O)N[C@H](C)c1ccc(-n2ccnc2)cc1. The average molecular weight is 360 g/mol. The van der Waals surface area contributed by atoms with Crippen molar-refractivity contribution in [2.24, 2.45) is 0 Å². The molecule has 6 heteroatoms. The van der Waals surface area contributed by atoms with E-state index in [1.165, 1.54) is 0 Å². The second-order valence-electron chi connectivity index (χ2n) is 6.19. The fraction of sp³-hybridized carbons (Fsp3) is 0.190. The number of ether oxygens (including phenoxy) is 1. The maximum absolute atomic E-state index is 12.4. The summed E-state index contributed by atoms with van der Waals surface area (Å²) < 4.78 is 7.57. The number of carbonyl (C=O) groups is 1. The van der Waals surface area contributed by atoms with E-state index in [1.54, 1.807) is 43.7 Å². The number of carbonyl (C=O) groups excluding carboxylic acids is 1. The normalized spacial score (nSPS) is 12.6. The third-order valence-electron chi connectivity index (χ3n) is 4.22. The number of nitriles is 1. The summed E-state index contributed by atoms with van der Waals surface area (Å²) >= 11 is 0. The minimum Gasteiger partial charge on any atom is -0.481 e. The van der Waals surface area contributed by atoms with Gasteiger partial charge in [0.2, 0.25) is 0 Å². The van der Waals surface area contributed by atoms with E-state index in [2.05, 4.69) is 10.3 Å². The molecule has 1 N–H and O–H groups in total. The largest absolute Gasteiger partial charge is 0.481 e. The van der Waals surface area contributed by atoms with Gasteiger partial charge in [-0.2, -0.15) is 5.26 Å². The molecule has 6 nitrogen and oxygen atoms in total. The monoisotopic (exact) mass is 360 g/mol. The molecular formula is C21H20N4O2. The lowest BCUT2D eigenvalue weighted by Crippen LogP contribution is -2.37. The Morgan fingerprint density at radius 2 is 1.85 bits per heavy atom. The highest BCUT2D eigenvalue weighted by atomic mass is 16.5. The molecule has 2 atom stereocenters. The van der Waals surface area contributed by atoms with Crippen molar-refractivity contribution in [3.05, 3.63) is 78.4 Å². The summed E-state index contributed by atoms with van der Waals surface area (Å²) in [5, 5.41) is 11.8. The van der Waals surface area contributed by atoms with E-state index in [1.807, 2.05) is 48.0 Å². The van der Waals surface area contributed by atoms with Crippen LogP contribution in [0.2, 0.25) is 0 Å². The lowest BCUT2D eigenvalue weighted by atomic mass is 10.1. The fourth-order valence-electron chi connectivity index (χ4n) is 2.63. The molecule has 0 saturated carbocycles. The summed E-state index contributed by atoms with van der Waals surface area (Å²) in [6.45, 7) is 3.63. The van der Waals surface area contributed by atoms with Gasteiger partial charge in [-0.3, -0.25) is 4.79 Å². The van der Waals surface area contributed by atoms with Gasteiger partial charge in [-0.05, 0) is 55.8 Å². The third-order valence-corrected chi connectivity index (χ3v) is 4.22. The summed E-state index contributed by atoms with van der Waals surface area (Å²) in [6, 6.07) is 16.5. The Bertz CT molecular complexity index is 926. The molecule has 1 aromatic heterocycles. The quantitative estimate of drug-likeness (QED) is 0.731. The highest BCUT2D eigenvalue weighted by Gasteiger charge is 2.17. The minimum absolute atomic E-state index is 0.152. The molecule has 0 bridgehead atoms. The van der Waals surface area contributed by atoms with Crippen LogP contribution in [0.25, 0.3) is 5.69 Å². The van der Waals surface area contributed by atoms with Gasteiger partial charge in [0.1, 0.15) is 5.75 Å². The van der Waals surface area contributed by atoms with Crippen molar-refractivity contribution >= 4 is 5.91 Å². The van der Waals surface area contributed by atoms with E-state index >= 15 is 0 Å². The molecule has 3 rings (SSSR count). The average Bonchev–Trinajstić information content (AvgIpc) is 3.23. The predicted octanol–water partition coefficient (Wildman–Crippen LogP) is 3.39. The van der Waals surface area contributed by atoms with E-state index in [4.69, 9.17) is 10.00 Å². The van der Waals surface area contributed by atoms with Crippen molar-refractivity contribution in [1.82, 2.24) is 14.9 Å². The molecule has 27 heavy (non-hydrogen) atoms. The molecule has 0 unspecified atom stereocenters. The number of rotatable bonds is 6. The number of amides is 1. The molecule has 0 radical (unpaired) electrons. The minimum atomic E-state index is -0.648. The smallest absolute Gasteiger partial charge is 0.261 e. The first kappa shape index (κ1) is 18.2. The molecule has 0 aliphatic heterocycles. The van der Waals surface area contributed by atoms with Crippen molar-refractivity contribution in [2.75, 3.05) is 0 Å². The zero-order chi connectivity index (χ0) is 19.2. The van der Waals surface area contributed by atoms with Gasteiger partial charge < -0.3 is 14.6 Å². The van der Waals surface area contributed by atoms with Crippen molar-refractivity contribution < 1.29 is 9.53 Å². The Balaban J connectivity index is 1.58. The molecule has 136 valence electrons. The van der Waals surface area contributed by atoms with Crippen LogP contribution in [-0.2, 0) is 4.79 Å². The van der Waals surface area contributed by atoms with Crippen molar-refractivity contribution in [1.29, 1.82) is 5.26 Å². The van der Waals surface area contributed by atoms with E-state index in [0.29, 0.717) is 11.3 Å². The fourth-order valence-corrected chi connectivity index (χ4v) is 2.63. The molecule has 0 aliphatic rings. The maximum atomic E-state index is 12.4. The predicted molar refractivity (Wildman–Crippen MR) is 101 cm³/mol. The number of imidazole rings is 1. The van der Waals surface area contributed by atoms with Crippen LogP contribution in [-0.4, -0.2) is 21.6 Å². The Morgan fingerprint density at radius 1 is 1.15 bits per heavy atom. The van der Waals surface area contributed by atoms with Crippen LogP contribution in [0.4, 0.5) is 0 Å². The lowest BCUT2D eigenvalue weighted by Gasteiger charge is -2.19. The van der Waals surface area contributed by atoms with Gasteiger partial charge in [0.05, 0.1) is 24.0 Å². The summed E-state index contributed by atoms with van der Waals surface area (Å²) in [6.07, 6.45) is 4.70. The van der Waals surface area contributed by atoms with Crippen LogP contribution >= 0.6 is 0 Å². The van der Waals surface area contributed by atoms with Crippen LogP contribution in [0.15, 0.2) is 67.3 Å². The van der Waals surface area contributed by atoms with Gasteiger partial charge in [0, 0.05) is 18.1 Å². The van der Waals surface area contributed by atoms with Crippen LogP contribution in [0.1, 0.15) is 31.0 Å². The van der Waals surface area contributed by atoms with E-state index in [0.717, 1.165) is 11.3 Å². The van der Waals surface area contributed by atoms with Gasteiger partial charge in [-0.1, -0.05) is 12.1 Å². The molecule has 1 amide bonds. The number of benzene rings is 2. The molecule has 3 aromatic rings. The van der Waals surface area contributed by atoms with E-state index in [9.17, 15) is 4.79 Å². The van der Waals surface area contributed by atoms with Crippen molar-refractivity contribution in [3.8, 4) is 17.5 Å². The zero-order valence-electron chi connectivity index (χ0n) is 15.2. The standard InChI is InChI=1S/C21H20N4O2/c1-15(18-5-7-19(8-6-18)25-12-11-23-14-25)24-21(26)16(2)27-20-9-3-17(13-22)4-10-20/h3-12,14-16H,1-2H3,(H,24,26)/t15-,16-/m1/s1. The summed E-state index contributed by atoms with van der Waals surface area (Å²) in [7, 11) is 0. The number of hydrogen-bond acceptors (Lipinski definition) is 4. The van der Waals surface area contributed by atoms with E-state index < -0.39 is 6.10 Å². The van der Waals surface area contributed by atoms with Gasteiger partial charge in [-0.15, -0.1) is 0 Å². The van der Waals surface area contributed by atoms with E-state index in [-0.39, 0.29) is 11.9 Å². The number of nitrogens with zero attached hydrogens (tertiary/aromatic N) is 3. The lowest BCUT2D eigenvalue weighted by molar-refractivity contribution is -0.127. The number of hydrogen-bond donors (Lipinski definition) is 1. The molecule has 0 spiro atoms. The summed E-state index contributed by atoms with van der Waals surface area (Å²) in [5.41, 5.74) is 2.55. The van der Waals surface area contributed by atoms with Crippen molar-refractivity contribution in [2.45, 2.75) is 26.0 Å². The van der Waals surface area contributed by atoms with Crippen LogP contribution in [0, 0.1) is 11.3 Å². The second kappa shape index (κ2) is 8.19. The van der Waals surface area contributed by atoms with Gasteiger partial charge in [0.15, 0.2) is 6.10 Å². The molecule has 0 fully saturated rings. The van der Waals surface area contributed by atoms with Crippen LogP contribution in [0.3, 0.4) is 0 Å². The highest BCUT2D eigenvalue weighted by molar-refractivity contribution is 5.81. The molecule has 1 heterocycles. The Labute approximate surface area is 158 Å². The Morgan fingerprint density at radius 3 is 2.44 bits per heavy atom. The Kier molecular flexibility index (Phi) is 5.53. The van der Waals surface area contributed by atoms with Crippen molar-refractivity contribution in [3.63, 3.8) is 0 Å². The first-order valence-electron chi connectivity index (χ1n) is 8.62. The number of nitrogens with one attached hydrogen (secondary N) is 1. The molecular weight excluding hydrogens is 340 g/mol. The second-order valence-corrected chi connectivity index (χ2v) is 6.19. The van der Waals surface area contributed by atoms with Crippen LogP contribution in [0.5, 0.6) is 5.75 Å². The van der Waals surface area contributed by atoms with Crippen LogP contribution < -0.4 is 10.1 Å². The van der Waals surface area contributed by atoms with Gasteiger partial charge in [-0.25, -0.2) is 4.98 Å². The summed E-state index contributed by atoms with van der Waals surface area (Å²) in [4.78, 5) is 16.4. The third kappa shape index (κ3) is 4.53. The molecule has 0 saturated heterocycles. The maximum Gasteiger partial charge on any atom is 0.261 e. The van der Waals surface area contributed by atoms with Gasteiger partial charge >= 0.3 is 0 Å². The molecule has 2 aromatic carbocycles. The topological polar surface area (TPSA) is 79.9 Å². The highest BCUT2D eigenvalue weighted by Crippen LogP contribution is 2.17.